The molecule has 0 fully saturated rings. The SMILES string of the molecule is CCCCCCC1=C(c2ccc(C)cc2)Cc2ccccc21. The van der Waals surface area contributed by atoms with Gasteiger partial charge in [-0.25, -0.2) is 0 Å². The van der Waals surface area contributed by atoms with Gasteiger partial charge in [-0.15, -0.1) is 0 Å². The summed E-state index contributed by atoms with van der Waals surface area (Å²) < 4.78 is 0. The van der Waals surface area contributed by atoms with Crippen LogP contribution >= 0.6 is 0 Å². The summed E-state index contributed by atoms with van der Waals surface area (Å²) in [4.78, 5) is 0. The van der Waals surface area contributed by atoms with Gasteiger partial charge in [0.05, 0.1) is 0 Å². The van der Waals surface area contributed by atoms with Crippen LogP contribution < -0.4 is 0 Å². The summed E-state index contributed by atoms with van der Waals surface area (Å²) >= 11 is 0. The molecule has 0 nitrogen and oxygen atoms in total. The van der Waals surface area contributed by atoms with Gasteiger partial charge in [0.2, 0.25) is 0 Å². The Bertz CT molecular complexity index is 659. The molecule has 0 N–H and O–H groups in total. The molecule has 0 amide bonds. The third-order valence-electron chi connectivity index (χ3n) is 4.75. The molecular weight excluding hydrogens is 264 g/mol. The smallest absolute Gasteiger partial charge is 0.00108 e. The Hall–Kier alpha value is -1.82. The van der Waals surface area contributed by atoms with E-state index in [9.17, 15) is 0 Å². The lowest BCUT2D eigenvalue weighted by atomic mass is 9.95. The predicted octanol–water partition coefficient (Wildman–Crippen LogP) is 6.43. The van der Waals surface area contributed by atoms with Crippen LogP contribution in [0.1, 0.15) is 61.3 Å². The molecule has 0 aliphatic heterocycles. The number of benzene rings is 2. The molecule has 0 spiro atoms. The predicted molar refractivity (Wildman–Crippen MR) is 96.9 cm³/mol. The van der Waals surface area contributed by atoms with Crippen molar-refractivity contribution in [3.8, 4) is 0 Å². The van der Waals surface area contributed by atoms with Gasteiger partial charge in [0.1, 0.15) is 0 Å². The van der Waals surface area contributed by atoms with Crippen LogP contribution in [-0.4, -0.2) is 0 Å². The summed E-state index contributed by atoms with van der Waals surface area (Å²) in [6.07, 6.45) is 7.65. The van der Waals surface area contributed by atoms with E-state index in [1.165, 1.54) is 54.4 Å². The maximum absolute atomic E-state index is 2.31. The van der Waals surface area contributed by atoms with E-state index >= 15 is 0 Å². The van der Waals surface area contributed by atoms with E-state index in [1.807, 2.05) is 0 Å². The van der Waals surface area contributed by atoms with Crippen molar-refractivity contribution < 1.29 is 0 Å². The molecule has 0 heteroatoms. The van der Waals surface area contributed by atoms with E-state index in [0.29, 0.717) is 0 Å². The molecular formula is C22H26. The van der Waals surface area contributed by atoms with Crippen molar-refractivity contribution in [2.24, 2.45) is 0 Å². The first-order valence-electron chi connectivity index (χ1n) is 8.67. The fourth-order valence-electron chi connectivity index (χ4n) is 3.47. The number of hydrogen-bond acceptors (Lipinski definition) is 0. The maximum Gasteiger partial charge on any atom is -0.00108 e. The van der Waals surface area contributed by atoms with Gasteiger partial charge in [-0.05, 0) is 54.0 Å². The van der Waals surface area contributed by atoms with Crippen LogP contribution in [0.25, 0.3) is 11.1 Å². The third-order valence-corrected chi connectivity index (χ3v) is 4.75. The zero-order valence-electron chi connectivity index (χ0n) is 13.9. The van der Waals surface area contributed by atoms with Gasteiger partial charge in [-0.1, -0.05) is 80.3 Å². The van der Waals surface area contributed by atoms with E-state index in [2.05, 4.69) is 62.4 Å². The summed E-state index contributed by atoms with van der Waals surface area (Å²) in [5, 5.41) is 0. The highest BCUT2D eigenvalue weighted by molar-refractivity contribution is 5.97. The molecule has 0 aromatic heterocycles. The van der Waals surface area contributed by atoms with E-state index in [4.69, 9.17) is 0 Å². The summed E-state index contributed by atoms with van der Waals surface area (Å²) in [5.74, 6) is 0. The second kappa shape index (κ2) is 6.96. The van der Waals surface area contributed by atoms with Crippen LogP contribution in [0.15, 0.2) is 48.5 Å². The second-order valence-electron chi connectivity index (χ2n) is 6.47. The Morgan fingerprint density at radius 1 is 0.864 bits per heavy atom. The normalized spacial score (nSPS) is 13.5. The minimum Gasteiger partial charge on any atom is -0.0654 e. The van der Waals surface area contributed by atoms with Gasteiger partial charge in [0, 0.05) is 0 Å². The first-order chi connectivity index (χ1) is 10.8. The zero-order chi connectivity index (χ0) is 15.4. The Labute approximate surface area is 134 Å². The third kappa shape index (κ3) is 3.16. The lowest BCUT2D eigenvalue weighted by molar-refractivity contribution is 0.679. The van der Waals surface area contributed by atoms with Crippen molar-refractivity contribution in [3.63, 3.8) is 0 Å². The Balaban J connectivity index is 1.90. The van der Waals surface area contributed by atoms with E-state index in [-0.39, 0.29) is 0 Å². The molecule has 22 heavy (non-hydrogen) atoms. The molecule has 0 saturated carbocycles. The minimum atomic E-state index is 1.10. The Kier molecular flexibility index (Phi) is 4.77. The minimum absolute atomic E-state index is 1.10. The number of allylic oxidation sites excluding steroid dienone is 2. The fraction of sp³-hybridized carbons (Fsp3) is 0.364. The summed E-state index contributed by atoms with van der Waals surface area (Å²) in [6.45, 7) is 4.44. The summed E-state index contributed by atoms with van der Waals surface area (Å²) in [5.41, 5.74) is 8.89. The largest absolute Gasteiger partial charge is 0.0654 e. The average Bonchev–Trinajstić information content (AvgIpc) is 2.91. The molecule has 0 atom stereocenters. The van der Waals surface area contributed by atoms with Gasteiger partial charge in [0.15, 0.2) is 0 Å². The van der Waals surface area contributed by atoms with Crippen LogP contribution in [0.2, 0.25) is 0 Å². The van der Waals surface area contributed by atoms with Crippen LogP contribution in [0.5, 0.6) is 0 Å². The number of unbranched alkanes of at least 4 members (excludes halogenated alkanes) is 3. The quantitative estimate of drug-likeness (QED) is 0.537. The van der Waals surface area contributed by atoms with Crippen molar-refractivity contribution in [1.82, 2.24) is 0 Å². The first-order valence-corrected chi connectivity index (χ1v) is 8.67. The highest BCUT2D eigenvalue weighted by Gasteiger charge is 2.21. The average molecular weight is 290 g/mol. The number of rotatable bonds is 6. The van der Waals surface area contributed by atoms with Crippen LogP contribution in [-0.2, 0) is 6.42 Å². The van der Waals surface area contributed by atoms with Crippen molar-refractivity contribution in [3.05, 3.63) is 70.8 Å². The van der Waals surface area contributed by atoms with E-state index in [1.54, 1.807) is 11.1 Å². The molecule has 2 aromatic rings. The van der Waals surface area contributed by atoms with Crippen LogP contribution in [0.3, 0.4) is 0 Å². The highest BCUT2D eigenvalue weighted by atomic mass is 14.3. The standard InChI is InChI=1S/C22H26/c1-3-4-5-6-11-21-20-10-8-7-9-19(20)16-22(21)18-14-12-17(2)13-15-18/h7-10,12-15H,3-6,11,16H2,1-2H3. The number of fused-ring (bicyclic) bond motifs is 1. The first kappa shape index (κ1) is 15.1. The van der Waals surface area contributed by atoms with Gasteiger partial charge < -0.3 is 0 Å². The summed E-state index contributed by atoms with van der Waals surface area (Å²) in [6, 6.07) is 18.0. The molecule has 114 valence electrons. The van der Waals surface area contributed by atoms with Gasteiger partial charge >= 0.3 is 0 Å². The van der Waals surface area contributed by atoms with Crippen molar-refractivity contribution in [2.45, 2.75) is 52.4 Å². The molecule has 0 bridgehead atoms. The van der Waals surface area contributed by atoms with Crippen LogP contribution in [0.4, 0.5) is 0 Å². The molecule has 0 unspecified atom stereocenters. The van der Waals surface area contributed by atoms with Crippen molar-refractivity contribution >= 4 is 11.1 Å². The number of hydrogen-bond donors (Lipinski definition) is 0. The highest BCUT2D eigenvalue weighted by Crippen LogP contribution is 2.41. The summed E-state index contributed by atoms with van der Waals surface area (Å²) in [7, 11) is 0. The Morgan fingerprint density at radius 3 is 2.41 bits per heavy atom. The van der Waals surface area contributed by atoms with Gasteiger partial charge in [0.25, 0.3) is 0 Å². The van der Waals surface area contributed by atoms with E-state index in [0.717, 1.165) is 6.42 Å². The number of aryl methyl sites for hydroxylation is 1. The van der Waals surface area contributed by atoms with Crippen molar-refractivity contribution in [1.29, 1.82) is 0 Å². The van der Waals surface area contributed by atoms with Crippen LogP contribution in [0, 0.1) is 6.92 Å². The van der Waals surface area contributed by atoms with Gasteiger partial charge in [-0.2, -0.15) is 0 Å². The molecule has 0 heterocycles. The Morgan fingerprint density at radius 2 is 1.64 bits per heavy atom. The lowest BCUT2D eigenvalue weighted by Gasteiger charge is -2.09. The monoisotopic (exact) mass is 290 g/mol. The van der Waals surface area contributed by atoms with Crippen molar-refractivity contribution in [2.75, 3.05) is 0 Å². The zero-order valence-corrected chi connectivity index (χ0v) is 13.9. The molecule has 1 aliphatic rings. The maximum atomic E-state index is 2.31. The fourth-order valence-corrected chi connectivity index (χ4v) is 3.47. The molecule has 0 radical (unpaired) electrons. The molecule has 0 saturated heterocycles. The second-order valence-corrected chi connectivity index (χ2v) is 6.47. The van der Waals surface area contributed by atoms with E-state index < -0.39 is 0 Å². The molecule has 3 rings (SSSR count). The molecule has 1 aliphatic carbocycles. The lowest BCUT2D eigenvalue weighted by Crippen LogP contribution is -1.88. The molecule has 2 aromatic carbocycles. The topological polar surface area (TPSA) is 0 Å². The van der Waals surface area contributed by atoms with Gasteiger partial charge in [-0.3, -0.25) is 0 Å².